The zero-order chi connectivity index (χ0) is 4.57. The number of rotatable bonds is 1. The van der Waals surface area contributed by atoms with Crippen LogP contribution in [-0.2, 0) is 0 Å². The molecule has 0 unspecified atom stereocenters. The van der Waals surface area contributed by atoms with Gasteiger partial charge in [0, 0.05) is 10.9 Å². The highest BCUT2D eigenvalue weighted by Gasteiger charge is 2.12. The Bertz CT molecular complexity index is 111. The molecular formula is C5H5Br. The van der Waals surface area contributed by atoms with Crippen LogP contribution < -0.4 is 0 Å². The smallest absolute Gasteiger partial charge is 0.00513 e. The number of hydrogen-bond acceptors (Lipinski definition) is 0. The van der Waals surface area contributed by atoms with Gasteiger partial charge in [-0.2, -0.15) is 0 Å². The quantitative estimate of drug-likeness (QED) is 0.530. The third kappa shape index (κ3) is 0.548. The van der Waals surface area contributed by atoms with Gasteiger partial charge in [0.15, 0.2) is 0 Å². The van der Waals surface area contributed by atoms with Crippen molar-refractivity contribution in [2.45, 2.75) is 6.42 Å². The van der Waals surface area contributed by atoms with Gasteiger partial charge in [0.05, 0.1) is 0 Å². The van der Waals surface area contributed by atoms with Crippen LogP contribution in [0.2, 0.25) is 0 Å². The van der Waals surface area contributed by atoms with Crippen LogP contribution in [0.1, 0.15) is 6.42 Å². The van der Waals surface area contributed by atoms with Crippen molar-refractivity contribution in [3.63, 3.8) is 0 Å². The van der Waals surface area contributed by atoms with E-state index >= 15 is 0 Å². The average molecular weight is 145 g/mol. The molecule has 0 fully saturated rings. The molecule has 1 rings (SSSR count). The second kappa shape index (κ2) is 1.23. The Morgan fingerprint density at radius 3 is 2.33 bits per heavy atom. The molecule has 1 heteroatoms. The molecule has 0 saturated carbocycles. The van der Waals surface area contributed by atoms with Crippen LogP contribution in [0.25, 0.3) is 0 Å². The standard InChI is InChI=1S/C5H5Br/c1-2-4-3-5(4)6/h2H,1,3H2. The fourth-order valence-corrected chi connectivity index (χ4v) is 0.770. The van der Waals surface area contributed by atoms with Gasteiger partial charge in [-0.15, -0.1) is 0 Å². The third-order valence-electron chi connectivity index (χ3n) is 0.815. The molecule has 0 spiro atoms. The molecule has 32 valence electrons. The maximum absolute atomic E-state index is 3.59. The van der Waals surface area contributed by atoms with Crippen LogP contribution in [0, 0.1) is 0 Å². The van der Waals surface area contributed by atoms with Crippen molar-refractivity contribution in [3.8, 4) is 0 Å². The van der Waals surface area contributed by atoms with E-state index in [1.54, 1.807) is 0 Å². The normalized spacial score (nSPS) is 18.2. The number of allylic oxidation sites excluding steroid dienone is 3. The molecule has 1 aliphatic carbocycles. The predicted molar refractivity (Wildman–Crippen MR) is 30.8 cm³/mol. The van der Waals surface area contributed by atoms with Gasteiger partial charge in [-0.05, 0) is 5.57 Å². The van der Waals surface area contributed by atoms with E-state index in [2.05, 4.69) is 22.5 Å². The lowest BCUT2D eigenvalue weighted by Crippen LogP contribution is -1.36. The van der Waals surface area contributed by atoms with Crippen LogP contribution in [0.15, 0.2) is 22.7 Å². The largest absolute Gasteiger partial charge is 0.0988 e. The monoisotopic (exact) mass is 144 g/mol. The van der Waals surface area contributed by atoms with E-state index in [4.69, 9.17) is 0 Å². The first-order chi connectivity index (χ1) is 2.84. The van der Waals surface area contributed by atoms with Gasteiger partial charge in [-0.25, -0.2) is 0 Å². The molecule has 0 aliphatic heterocycles. The second-order valence-electron chi connectivity index (χ2n) is 1.31. The van der Waals surface area contributed by atoms with Crippen molar-refractivity contribution in [2.75, 3.05) is 0 Å². The number of hydrogen-bond donors (Lipinski definition) is 0. The van der Waals surface area contributed by atoms with E-state index in [0.29, 0.717) is 0 Å². The molecule has 0 saturated heterocycles. The second-order valence-corrected chi connectivity index (χ2v) is 2.27. The lowest BCUT2D eigenvalue weighted by Gasteiger charge is -1.56. The Hall–Kier alpha value is -0.0400. The summed E-state index contributed by atoms with van der Waals surface area (Å²) in [6, 6.07) is 0. The molecule has 0 aromatic rings. The third-order valence-corrected chi connectivity index (χ3v) is 1.61. The Kier molecular flexibility index (Phi) is 0.845. The molecule has 0 aromatic heterocycles. The van der Waals surface area contributed by atoms with Crippen LogP contribution in [0.3, 0.4) is 0 Å². The van der Waals surface area contributed by atoms with Crippen LogP contribution >= 0.6 is 15.9 Å². The fraction of sp³-hybridized carbons (Fsp3) is 0.200. The summed E-state index contributed by atoms with van der Waals surface area (Å²) in [5, 5.41) is 0. The molecule has 0 nitrogen and oxygen atoms in total. The summed E-state index contributed by atoms with van der Waals surface area (Å²) in [4.78, 5) is 0. The van der Waals surface area contributed by atoms with Gasteiger partial charge in [-0.3, -0.25) is 0 Å². The van der Waals surface area contributed by atoms with Gasteiger partial charge < -0.3 is 0 Å². The SMILES string of the molecule is C=CC1=C(Br)C1. The molecule has 1 aliphatic rings. The van der Waals surface area contributed by atoms with E-state index in [1.807, 2.05) is 6.08 Å². The van der Waals surface area contributed by atoms with E-state index in [-0.39, 0.29) is 0 Å². The summed E-state index contributed by atoms with van der Waals surface area (Å²) < 4.78 is 1.32. The van der Waals surface area contributed by atoms with Crippen molar-refractivity contribution in [1.82, 2.24) is 0 Å². The van der Waals surface area contributed by atoms with E-state index in [1.165, 1.54) is 10.1 Å². The maximum Gasteiger partial charge on any atom is 0.00513 e. The summed E-state index contributed by atoms with van der Waals surface area (Å²) in [5.41, 5.74) is 1.36. The van der Waals surface area contributed by atoms with E-state index in [0.717, 1.165) is 6.42 Å². The highest BCUT2D eigenvalue weighted by molar-refractivity contribution is 9.12. The minimum atomic E-state index is 1.13. The van der Waals surface area contributed by atoms with Gasteiger partial charge >= 0.3 is 0 Å². The minimum absolute atomic E-state index is 1.13. The van der Waals surface area contributed by atoms with Crippen molar-refractivity contribution in [2.24, 2.45) is 0 Å². The summed E-state index contributed by atoms with van der Waals surface area (Å²) in [6.07, 6.45) is 3.01. The van der Waals surface area contributed by atoms with Crippen LogP contribution in [0.4, 0.5) is 0 Å². The molecule has 0 radical (unpaired) electrons. The molecule has 0 bridgehead atoms. The first-order valence-corrected chi connectivity index (χ1v) is 2.64. The highest BCUT2D eigenvalue weighted by Crippen LogP contribution is 2.36. The topological polar surface area (TPSA) is 0 Å². The lowest BCUT2D eigenvalue weighted by atomic mass is 10.5. The first-order valence-electron chi connectivity index (χ1n) is 1.84. The molecule has 0 aromatic carbocycles. The summed E-state index contributed by atoms with van der Waals surface area (Å²) >= 11 is 3.32. The molecule has 0 amide bonds. The Morgan fingerprint density at radius 1 is 1.83 bits per heavy atom. The Morgan fingerprint density at radius 2 is 2.33 bits per heavy atom. The molecular weight excluding hydrogens is 140 g/mol. The molecule has 0 heterocycles. The van der Waals surface area contributed by atoms with Crippen LogP contribution in [0.5, 0.6) is 0 Å². The average Bonchev–Trinajstić information content (AvgIpc) is 2.19. The first kappa shape index (κ1) is 4.13. The van der Waals surface area contributed by atoms with Crippen LogP contribution in [-0.4, -0.2) is 0 Å². The van der Waals surface area contributed by atoms with Crippen molar-refractivity contribution < 1.29 is 0 Å². The molecule has 0 N–H and O–H groups in total. The van der Waals surface area contributed by atoms with Crippen molar-refractivity contribution >= 4 is 15.9 Å². The summed E-state index contributed by atoms with van der Waals surface area (Å²) in [5.74, 6) is 0. The minimum Gasteiger partial charge on any atom is -0.0988 e. The predicted octanol–water partition coefficient (Wildman–Crippen LogP) is 2.23. The van der Waals surface area contributed by atoms with Crippen molar-refractivity contribution in [1.29, 1.82) is 0 Å². The van der Waals surface area contributed by atoms with E-state index in [9.17, 15) is 0 Å². The zero-order valence-corrected chi connectivity index (χ0v) is 4.96. The van der Waals surface area contributed by atoms with Gasteiger partial charge in [0.2, 0.25) is 0 Å². The molecule has 0 atom stereocenters. The zero-order valence-electron chi connectivity index (χ0n) is 3.37. The lowest BCUT2D eigenvalue weighted by molar-refractivity contribution is 1.59. The maximum atomic E-state index is 3.59. The summed E-state index contributed by atoms with van der Waals surface area (Å²) in [6.45, 7) is 3.59. The van der Waals surface area contributed by atoms with E-state index < -0.39 is 0 Å². The highest BCUT2D eigenvalue weighted by atomic mass is 79.9. The fourth-order valence-electron chi connectivity index (χ4n) is 0.306. The van der Waals surface area contributed by atoms with Gasteiger partial charge in [-0.1, -0.05) is 28.6 Å². The van der Waals surface area contributed by atoms with Gasteiger partial charge in [0.1, 0.15) is 0 Å². The van der Waals surface area contributed by atoms with Gasteiger partial charge in [0.25, 0.3) is 0 Å². The Balaban J connectivity index is 2.59. The Labute approximate surface area is 45.7 Å². The summed E-state index contributed by atoms with van der Waals surface area (Å²) in [7, 11) is 0. The molecule has 6 heavy (non-hydrogen) atoms. The number of halogens is 1. The van der Waals surface area contributed by atoms with Crippen molar-refractivity contribution in [3.05, 3.63) is 22.7 Å².